The van der Waals surface area contributed by atoms with Gasteiger partial charge >= 0.3 is 0 Å². The van der Waals surface area contributed by atoms with E-state index in [9.17, 15) is 5.11 Å². The van der Waals surface area contributed by atoms with Crippen LogP contribution in [-0.4, -0.2) is 35.1 Å². The van der Waals surface area contributed by atoms with Gasteiger partial charge in [-0.2, -0.15) is 0 Å². The number of hydrogen-bond acceptors (Lipinski definition) is 3. The summed E-state index contributed by atoms with van der Waals surface area (Å²) in [6.07, 6.45) is 2.90. The summed E-state index contributed by atoms with van der Waals surface area (Å²) < 4.78 is 5.46. The first-order chi connectivity index (χ1) is 5.99. The first kappa shape index (κ1) is 11.0. The van der Waals surface area contributed by atoms with E-state index in [1.54, 1.807) is 0 Å². The zero-order valence-electron chi connectivity index (χ0n) is 8.92. The van der Waals surface area contributed by atoms with Crippen molar-refractivity contribution >= 4 is 0 Å². The fourth-order valence-corrected chi connectivity index (χ4v) is 1.53. The standard InChI is InChI=1S/C10H21NO2/c1-10(2,3)13-9(12)11-7-5-4-6-8-11/h9,12H,4-8H2,1-3H3. The minimum atomic E-state index is -0.722. The third-order valence-electron chi connectivity index (χ3n) is 2.16. The summed E-state index contributed by atoms with van der Waals surface area (Å²) in [5.41, 5.74) is -0.267. The lowest BCUT2D eigenvalue weighted by Gasteiger charge is -2.34. The molecule has 0 radical (unpaired) electrons. The van der Waals surface area contributed by atoms with Crippen LogP contribution in [0.2, 0.25) is 0 Å². The summed E-state index contributed by atoms with van der Waals surface area (Å²) in [5.74, 6) is 0. The molecule has 3 nitrogen and oxygen atoms in total. The fourth-order valence-electron chi connectivity index (χ4n) is 1.53. The number of nitrogens with zero attached hydrogens (tertiary/aromatic N) is 1. The van der Waals surface area contributed by atoms with Crippen molar-refractivity contribution in [3.8, 4) is 0 Å². The van der Waals surface area contributed by atoms with Crippen LogP contribution in [0, 0.1) is 0 Å². The van der Waals surface area contributed by atoms with Gasteiger partial charge in [0.05, 0.1) is 5.60 Å². The molecule has 1 saturated heterocycles. The summed E-state index contributed by atoms with van der Waals surface area (Å²) in [7, 11) is 0. The Morgan fingerprint density at radius 1 is 1.15 bits per heavy atom. The van der Waals surface area contributed by atoms with E-state index in [4.69, 9.17) is 4.74 Å². The highest BCUT2D eigenvalue weighted by Gasteiger charge is 2.23. The van der Waals surface area contributed by atoms with Crippen molar-refractivity contribution in [3.63, 3.8) is 0 Å². The molecule has 1 fully saturated rings. The molecule has 0 aromatic carbocycles. The van der Waals surface area contributed by atoms with Gasteiger partial charge in [0.25, 0.3) is 0 Å². The second-order valence-electron chi connectivity index (χ2n) is 4.65. The number of rotatable bonds is 2. The van der Waals surface area contributed by atoms with Crippen LogP contribution in [0.25, 0.3) is 0 Å². The summed E-state index contributed by atoms with van der Waals surface area (Å²) in [6, 6.07) is 0. The number of likely N-dealkylation sites (tertiary alicyclic amines) is 1. The number of ether oxygens (including phenoxy) is 1. The van der Waals surface area contributed by atoms with Crippen LogP contribution in [0.4, 0.5) is 0 Å². The van der Waals surface area contributed by atoms with Crippen molar-refractivity contribution in [1.29, 1.82) is 0 Å². The molecule has 0 saturated carbocycles. The fraction of sp³-hybridized carbons (Fsp3) is 1.00. The summed E-state index contributed by atoms with van der Waals surface area (Å²) in [5, 5.41) is 9.71. The van der Waals surface area contributed by atoms with Crippen LogP contribution in [0.15, 0.2) is 0 Å². The maximum Gasteiger partial charge on any atom is 0.216 e. The van der Waals surface area contributed by atoms with Crippen LogP contribution in [0.3, 0.4) is 0 Å². The van der Waals surface area contributed by atoms with E-state index in [0.29, 0.717) is 0 Å². The summed E-state index contributed by atoms with van der Waals surface area (Å²) in [6.45, 7) is 7.79. The lowest BCUT2D eigenvalue weighted by atomic mass is 10.1. The van der Waals surface area contributed by atoms with Gasteiger partial charge in [-0.05, 0) is 33.6 Å². The molecule has 0 aromatic rings. The molecule has 3 heteroatoms. The van der Waals surface area contributed by atoms with Crippen LogP contribution in [-0.2, 0) is 4.74 Å². The molecule has 0 aromatic heterocycles. The van der Waals surface area contributed by atoms with Crippen LogP contribution in [0.1, 0.15) is 40.0 Å². The van der Waals surface area contributed by atoms with Crippen LogP contribution >= 0.6 is 0 Å². The molecule has 1 aliphatic rings. The zero-order valence-corrected chi connectivity index (χ0v) is 8.92. The summed E-state index contributed by atoms with van der Waals surface area (Å²) in [4.78, 5) is 1.99. The Morgan fingerprint density at radius 2 is 1.69 bits per heavy atom. The van der Waals surface area contributed by atoms with Gasteiger partial charge < -0.3 is 9.84 Å². The monoisotopic (exact) mass is 187 g/mol. The van der Waals surface area contributed by atoms with E-state index in [0.717, 1.165) is 13.1 Å². The summed E-state index contributed by atoms with van der Waals surface area (Å²) >= 11 is 0. The number of aliphatic hydroxyl groups excluding tert-OH is 1. The Kier molecular flexibility index (Phi) is 3.71. The van der Waals surface area contributed by atoms with Crippen molar-refractivity contribution in [1.82, 2.24) is 4.90 Å². The molecule has 1 aliphatic heterocycles. The molecule has 1 N–H and O–H groups in total. The van der Waals surface area contributed by atoms with Gasteiger partial charge in [-0.3, -0.25) is 4.90 Å². The molecular formula is C10H21NO2. The van der Waals surface area contributed by atoms with Crippen LogP contribution in [0.5, 0.6) is 0 Å². The van der Waals surface area contributed by atoms with E-state index >= 15 is 0 Å². The molecule has 1 rings (SSSR count). The van der Waals surface area contributed by atoms with Crippen molar-refractivity contribution in [2.24, 2.45) is 0 Å². The molecule has 1 atom stereocenters. The predicted octanol–water partition coefficient (Wildman–Crippen LogP) is 1.56. The Morgan fingerprint density at radius 3 is 2.15 bits per heavy atom. The van der Waals surface area contributed by atoms with Gasteiger partial charge in [-0.1, -0.05) is 6.42 Å². The van der Waals surface area contributed by atoms with Crippen molar-refractivity contribution in [2.75, 3.05) is 13.1 Å². The highest BCUT2D eigenvalue weighted by molar-refractivity contribution is 4.66. The predicted molar refractivity (Wildman–Crippen MR) is 52.3 cm³/mol. The average molecular weight is 187 g/mol. The Labute approximate surface area is 80.7 Å². The molecule has 0 bridgehead atoms. The SMILES string of the molecule is CC(C)(C)OC(O)N1CCCCC1. The van der Waals surface area contributed by atoms with E-state index in [1.165, 1.54) is 19.3 Å². The molecule has 1 unspecified atom stereocenters. The van der Waals surface area contributed by atoms with Crippen LogP contribution < -0.4 is 0 Å². The molecule has 78 valence electrons. The lowest BCUT2D eigenvalue weighted by Crippen LogP contribution is -2.44. The highest BCUT2D eigenvalue weighted by Crippen LogP contribution is 2.16. The van der Waals surface area contributed by atoms with Crippen molar-refractivity contribution in [2.45, 2.75) is 52.0 Å². The molecule has 1 heterocycles. The number of hydrogen-bond donors (Lipinski definition) is 1. The number of piperidine rings is 1. The first-order valence-corrected chi connectivity index (χ1v) is 5.09. The molecule has 0 aliphatic carbocycles. The largest absolute Gasteiger partial charge is 0.356 e. The van der Waals surface area contributed by atoms with E-state index in [-0.39, 0.29) is 5.60 Å². The normalized spacial score (nSPS) is 23.1. The molecule has 0 spiro atoms. The Balaban J connectivity index is 2.33. The molecule has 13 heavy (non-hydrogen) atoms. The average Bonchev–Trinajstić information content (AvgIpc) is 2.03. The van der Waals surface area contributed by atoms with E-state index < -0.39 is 6.41 Å². The second kappa shape index (κ2) is 4.40. The molecule has 0 amide bonds. The van der Waals surface area contributed by atoms with E-state index in [1.807, 2.05) is 25.7 Å². The van der Waals surface area contributed by atoms with Gasteiger partial charge in [0.2, 0.25) is 6.41 Å². The lowest BCUT2D eigenvalue weighted by molar-refractivity contribution is -0.241. The van der Waals surface area contributed by atoms with Gasteiger partial charge in [0.15, 0.2) is 0 Å². The Hall–Kier alpha value is -0.120. The smallest absolute Gasteiger partial charge is 0.216 e. The molecular weight excluding hydrogens is 166 g/mol. The highest BCUT2D eigenvalue weighted by atomic mass is 16.6. The third kappa shape index (κ3) is 4.07. The zero-order chi connectivity index (χ0) is 9.90. The van der Waals surface area contributed by atoms with Crippen molar-refractivity contribution in [3.05, 3.63) is 0 Å². The topological polar surface area (TPSA) is 32.7 Å². The minimum absolute atomic E-state index is 0.267. The van der Waals surface area contributed by atoms with Gasteiger partial charge in [-0.25, -0.2) is 0 Å². The maximum atomic E-state index is 9.71. The second-order valence-corrected chi connectivity index (χ2v) is 4.65. The van der Waals surface area contributed by atoms with Gasteiger partial charge in [0.1, 0.15) is 0 Å². The third-order valence-corrected chi connectivity index (χ3v) is 2.16. The van der Waals surface area contributed by atoms with Gasteiger partial charge in [-0.15, -0.1) is 0 Å². The number of aliphatic hydroxyl groups is 1. The minimum Gasteiger partial charge on any atom is -0.356 e. The van der Waals surface area contributed by atoms with Crippen molar-refractivity contribution < 1.29 is 9.84 Å². The quantitative estimate of drug-likeness (QED) is 0.666. The Bertz CT molecular complexity index is 147. The first-order valence-electron chi connectivity index (χ1n) is 5.09. The maximum absolute atomic E-state index is 9.71. The van der Waals surface area contributed by atoms with E-state index in [2.05, 4.69) is 0 Å². The van der Waals surface area contributed by atoms with Gasteiger partial charge in [0, 0.05) is 13.1 Å².